The second-order valence-corrected chi connectivity index (χ2v) is 1.66. The van der Waals surface area contributed by atoms with Crippen molar-refractivity contribution in [2.45, 2.75) is 0 Å². The van der Waals surface area contributed by atoms with Gasteiger partial charge in [-0.2, -0.15) is 24.8 Å². The fourth-order valence-electron chi connectivity index (χ4n) is 0.497. The molecule has 2 heterocycles. The Bertz CT molecular complexity index is 151. The normalized spacial score (nSPS) is 7.27. The van der Waals surface area contributed by atoms with Gasteiger partial charge in [0.1, 0.15) is 0 Å². The summed E-state index contributed by atoms with van der Waals surface area (Å²) in [6.45, 7) is 0. The molecular formula is C8H8CrN2. The van der Waals surface area contributed by atoms with E-state index in [0.717, 1.165) is 0 Å². The molecule has 0 aliphatic carbocycles. The Kier molecular flexibility index (Phi) is 6.61. The van der Waals surface area contributed by atoms with Crippen LogP contribution in [0.3, 0.4) is 0 Å². The van der Waals surface area contributed by atoms with Gasteiger partial charge in [-0.25, -0.2) is 0 Å². The van der Waals surface area contributed by atoms with Crippen LogP contribution in [0.15, 0.2) is 49.1 Å². The third kappa shape index (κ3) is 5.53. The summed E-state index contributed by atoms with van der Waals surface area (Å²) in [4.78, 5) is 7.44. The van der Waals surface area contributed by atoms with Crippen molar-refractivity contribution in [3.63, 3.8) is 0 Å². The standard InChI is InChI=1S/2C4H4N.Cr/c2*1-2-4-5-3-1;/h2*1-4H;/q2*-1;+2. The number of aromatic nitrogens is 2. The van der Waals surface area contributed by atoms with Crippen LogP contribution in [0.5, 0.6) is 0 Å². The molecule has 2 nitrogen and oxygen atoms in total. The minimum atomic E-state index is 0. The van der Waals surface area contributed by atoms with E-state index in [1.807, 2.05) is 24.3 Å². The maximum Gasteiger partial charge on any atom is 2.00 e. The van der Waals surface area contributed by atoms with Crippen molar-refractivity contribution >= 4 is 0 Å². The molecular weight excluding hydrogens is 176 g/mol. The Balaban J connectivity index is 0.000000167. The summed E-state index contributed by atoms with van der Waals surface area (Å²) < 4.78 is 0. The van der Waals surface area contributed by atoms with E-state index in [4.69, 9.17) is 0 Å². The van der Waals surface area contributed by atoms with E-state index >= 15 is 0 Å². The fraction of sp³-hybridized carbons (Fsp3) is 0. The van der Waals surface area contributed by atoms with Crippen LogP contribution in [0, 0.1) is 0 Å². The van der Waals surface area contributed by atoms with E-state index in [0.29, 0.717) is 0 Å². The predicted octanol–water partition coefficient (Wildman–Crippen LogP) is 1.29. The van der Waals surface area contributed by atoms with Crippen LogP contribution < -0.4 is 9.97 Å². The van der Waals surface area contributed by atoms with E-state index in [2.05, 4.69) is 9.97 Å². The molecule has 0 atom stereocenters. The summed E-state index contributed by atoms with van der Waals surface area (Å²) in [6.07, 6.45) is 7.00. The van der Waals surface area contributed by atoms with Gasteiger partial charge in [0.15, 0.2) is 0 Å². The van der Waals surface area contributed by atoms with E-state index in [1.54, 1.807) is 24.8 Å². The van der Waals surface area contributed by atoms with Crippen LogP contribution in [-0.2, 0) is 17.4 Å². The molecule has 0 aliphatic heterocycles. The molecule has 0 fully saturated rings. The second kappa shape index (κ2) is 7.20. The van der Waals surface area contributed by atoms with Crippen LogP contribution in [0.2, 0.25) is 0 Å². The van der Waals surface area contributed by atoms with E-state index in [9.17, 15) is 0 Å². The average molecular weight is 184 g/mol. The van der Waals surface area contributed by atoms with Crippen molar-refractivity contribution in [3.05, 3.63) is 49.1 Å². The largest absolute Gasteiger partial charge is 2.00 e. The van der Waals surface area contributed by atoms with Gasteiger partial charge in [0.2, 0.25) is 0 Å². The summed E-state index contributed by atoms with van der Waals surface area (Å²) in [5.41, 5.74) is 0. The zero-order chi connectivity index (χ0) is 7.07. The Morgan fingerprint density at radius 3 is 0.909 bits per heavy atom. The van der Waals surface area contributed by atoms with Crippen molar-refractivity contribution in [2.75, 3.05) is 0 Å². The van der Waals surface area contributed by atoms with Gasteiger partial charge >= 0.3 is 17.4 Å². The molecule has 0 aromatic carbocycles. The third-order valence-electron chi connectivity index (χ3n) is 0.911. The van der Waals surface area contributed by atoms with Crippen LogP contribution in [0.25, 0.3) is 0 Å². The van der Waals surface area contributed by atoms with E-state index in [-0.39, 0.29) is 17.4 Å². The maximum absolute atomic E-state index is 3.72. The molecule has 0 aliphatic rings. The first-order valence-corrected chi connectivity index (χ1v) is 3.03. The van der Waals surface area contributed by atoms with Crippen molar-refractivity contribution in [3.8, 4) is 0 Å². The van der Waals surface area contributed by atoms with Gasteiger partial charge < -0.3 is 9.97 Å². The van der Waals surface area contributed by atoms with Crippen LogP contribution in [-0.4, -0.2) is 0 Å². The number of rotatable bonds is 0. The first kappa shape index (κ1) is 10.1. The summed E-state index contributed by atoms with van der Waals surface area (Å²) in [7, 11) is 0. The molecule has 0 saturated heterocycles. The molecule has 56 valence electrons. The molecule has 0 amide bonds. The molecule has 3 heteroatoms. The minimum absolute atomic E-state index is 0. The first-order valence-electron chi connectivity index (χ1n) is 3.03. The summed E-state index contributed by atoms with van der Waals surface area (Å²) >= 11 is 0. The topological polar surface area (TPSA) is 28.2 Å². The summed E-state index contributed by atoms with van der Waals surface area (Å²) in [5, 5.41) is 0. The number of hydrogen-bond acceptors (Lipinski definition) is 0. The minimum Gasteiger partial charge on any atom is -0.670 e. The van der Waals surface area contributed by atoms with E-state index < -0.39 is 0 Å². The predicted molar refractivity (Wildman–Crippen MR) is 39.5 cm³/mol. The molecule has 0 spiro atoms. The zero-order valence-corrected chi connectivity index (χ0v) is 7.20. The Morgan fingerprint density at radius 1 is 0.545 bits per heavy atom. The Morgan fingerprint density at radius 2 is 0.818 bits per heavy atom. The fourth-order valence-corrected chi connectivity index (χ4v) is 0.497. The van der Waals surface area contributed by atoms with Gasteiger partial charge in [-0.15, -0.1) is 0 Å². The van der Waals surface area contributed by atoms with Crippen molar-refractivity contribution in [1.29, 1.82) is 0 Å². The smallest absolute Gasteiger partial charge is 0.670 e. The summed E-state index contributed by atoms with van der Waals surface area (Å²) in [6, 6.07) is 7.56. The molecule has 0 N–H and O–H groups in total. The zero-order valence-electron chi connectivity index (χ0n) is 5.92. The van der Waals surface area contributed by atoms with E-state index in [1.165, 1.54) is 0 Å². The second-order valence-electron chi connectivity index (χ2n) is 1.66. The molecule has 0 bridgehead atoms. The van der Waals surface area contributed by atoms with Crippen molar-refractivity contribution in [1.82, 2.24) is 9.97 Å². The van der Waals surface area contributed by atoms with Gasteiger partial charge in [-0.05, 0) is 0 Å². The average Bonchev–Trinajstić information content (AvgIpc) is 2.67. The Hall–Kier alpha value is -0.908. The van der Waals surface area contributed by atoms with Gasteiger partial charge in [0.05, 0.1) is 0 Å². The third-order valence-corrected chi connectivity index (χ3v) is 0.911. The monoisotopic (exact) mass is 184 g/mol. The molecule has 11 heavy (non-hydrogen) atoms. The van der Waals surface area contributed by atoms with Crippen molar-refractivity contribution < 1.29 is 17.4 Å². The number of hydrogen-bond donors (Lipinski definition) is 0. The maximum atomic E-state index is 3.72. The first-order chi connectivity index (χ1) is 5.00. The van der Waals surface area contributed by atoms with Gasteiger partial charge in [0.25, 0.3) is 0 Å². The molecule has 0 unspecified atom stereocenters. The SMILES string of the molecule is [Cr+2].c1cc[n-]c1.c1cc[n-]c1. The van der Waals surface area contributed by atoms with Crippen LogP contribution in [0.4, 0.5) is 0 Å². The molecule has 0 saturated carbocycles. The quantitative estimate of drug-likeness (QED) is 0.617. The van der Waals surface area contributed by atoms with Crippen LogP contribution in [0.1, 0.15) is 0 Å². The Labute approximate surface area is 76.8 Å². The molecule has 0 radical (unpaired) electrons. The number of nitrogens with zero attached hydrogens (tertiary/aromatic N) is 2. The van der Waals surface area contributed by atoms with Gasteiger partial charge in [0, 0.05) is 0 Å². The molecule has 2 aromatic heterocycles. The molecule has 2 rings (SSSR count). The van der Waals surface area contributed by atoms with Crippen molar-refractivity contribution in [2.24, 2.45) is 0 Å². The van der Waals surface area contributed by atoms with Gasteiger partial charge in [-0.3, -0.25) is 0 Å². The summed E-state index contributed by atoms with van der Waals surface area (Å²) in [5.74, 6) is 0. The van der Waals surface area contributed by atoms with Gasteiger partial charge in [-0.1, -0.05) is 24.3 Å². The van der Waals surface area contributed by atoms with Crippen LogP contribution >= 0.6 is 0 Å². The molecule has 2 aromatic rings.